The predicted molar refractivity (Wildman–Crippen MR) is 93.0 cm³/mol. The van der Waals surface area contributed by atoms with Crippen LogP contribution in [0.3, 0.4) is 0 Å². The fourth-order valence-corrected chi connectivity index (χ4v) is 3.38. The minimum absolute atomic E-state index is 0.157. The van der Waals surface area contributed by atoms with E-state index >= 15 is 0 Å². The summed E-state index contributed by atoms with van der Waals surface area (Å²) in [7, 11) is 1.98. The average Bonchev–Trinajstić information content (AvgIpc) is 2.55. The third-order valence-corrected chi connectivity index (χ3v) is 4.77. The van der Waals surface area contributed by atoms with Gasteiger partial charge in [0.1, 0.15) is 0 Å². The highest BCUT2D eigenvalue weighted by molar-refractivity contribution is 5.78. The molecule has 1 aliphatic rings. The van der Waals surface area contributed by atoms with E-state index in [1.54, 1.807) is 0 Å². The number of aliphatic hydroxyl groups excluding tert-OH is 1. The standard InChI is InChI=1S/C19H30N2O2/c1-3-21(13-16-9-5-4-6-10-16)19(23)15-20(2)14-17-11-7-8-12-18(17)22/h4-6,9-10,17-18,22H,3,7-8,11-15H2,1-2H3. The summed E-state index contributed by atoms with van der Waals surface area (Å²) in [5.41, 5.74) is 1.16. The summed E-state index contributed by atoms with van der Waals surface area (Å²) in [5, 5.41) is 10.1. The molecule has 23 heavy (non-hydrogen) atoms. The number of nitrogens with zero attached hydrogens (tertiary/aromatic N) is 2. The predicted octanol–water partition coefficient (Wildman–Crippen LogP) is 2.52. The maximum absolute atomic E-state index is 12.5. The number of carbonyl (C=O) groups is 1. The van der Waals surface area contributed by atoms with Crippen LogP contribution >= 0.6 is 0 Å². The van der Waals surface area contributed by atoms with Gasteiger partial charge in [-0.2, -0.15) is 0 Å². The molecule has 1 amide bonds. The molecule has 0 radical (unpaired) electrons. The van der Waals surface area contributed by atoms with Crippen molar-refractivity contribution in [1.29, 1.82) is 0 Å². The van der Waals surface area contributed by atoms with Crippen molar-refractivity contribution in [3.63, 3.8) is 0 Å². The van der Waals surface area contributed by atoms with Crippen LogP contribution in [-0.2, 0) is 11.3 Å². The normalized spacial score (nSPS) is 21.4. The molecule has 1 fully saturated rings. The lowest BCUT2D eigenvalue weighted by Gasteiger charge is -2.32. The molecule has 0 bridgehead atoms. The lowest BCUT2D eigenvalue weighted by Crippen LogP contribution is -2.42. The first-order valence-corrected chi connectivity index (χ1v) is 8.78. The maximum Gasteiger partial charge on any atom is 0.237 e. The monoisotopic (exact) mass is 318 g/mol. The Morgan fingerprint density at radius 2 is 1.91 bits per heavy atom. The van der Waals surface area contributed by atoms with E-state index in [0.29, 0.717) is 25.6 Å². The second kappa shape index (κ2) is 9.04. The van der Waals surface area contributed by atoms with Crippen LogP contribution in [0.25, 0.3) is 0 Å². The highest BCUT2D eigenvalue weighted by Gasteiger charge is 2.25. The molecule has 0 heterocycles. The van der Waals surface area contributed by atoms with Crippen molar-refractivity contribution >= 4 is 5.91 Å². The molecule has 2 unspecified atom stereocenters. The van der Waals surface area contributed by atoms with Gasteiger partial charge >= 0.3 is 0 Å². The Hall–Kier alpha value is -1.39. The van der Waals surface area contributed by atoms with Crippen molar-refractivity contribution in [2.75, 3.05) is 26.7 Å². The third-order valence-electron chi connectivity index (χ3n) is 4.77. The molecule has 0 aromatic heterocycles. The Labute approximate surface area is 140 Å². The Bertz CT molecular complexity index is 478. The van der Waals surface area contributed by atoms with Crippen molar-refractivity contribution in [2.24, 2.45) is 5.92 Å². The van der Waals surface area contributed by atoms with Crippen molar-refractivity contribution in [1.82, 2.24) is 9.80 Å². The Morgan fingerprint density at radius 3 is 2.57 bits per heavy atom. The molecule has 4 heteroatoms. The van der Waals surface area contributed by atoms with Crippen LogP contribution in [0.5, 0.6) is 0 Å². The highest BCUT2D eigenvalue weighted by atomic mass is 16.3. The smallest absolute Gasteiger partial charge is 0.237 e. The van der Waals surface area contributed by atoms with Gasteiger partial charge < -0.3 is 10.0 Å². The van der Waals surface area contributed by atoms with Crippen molar-refractivity contribution in [3.05, 3.63) is 35.9 Å². The Kier molecular flexibility index (Phi) is 7.06. The third kappa shape index (κ3) is 5.63. The molecular weight excluding hydrogens is 288 g/mol. The summed E-state index contributed by atoms with van der Waals surface area (Å²) in [6.07, 6.45) is 4.09. The van der Waals surface area contributed by atoms with Crippen LogP contribution in [-0.4, -0.2) is 53.6 Å². The fourth-order valence-electron chi connectivity index (χ4n) is 3.38. The first-order valence-electron chi connectivity index (χ1n) is 8.78. The highest BCUT2D eigenvalue weighted by Crippen LogP contribution is 2.24. The molecule has 128 valence electrons. The molecule has 2 rings (SSSR count). The van der Waals surface area contributed by atoms with E-state index in [1.165, 1.54) is 6.42 Å². The average molecular weight is 318 g/mol. The van der Waals surface area contributed by atoms with Crippen LogP contribution in [0.15, 0.2) is 30.3 Å². The largest absolute Gasteiger partial charge is 0.393 e. The van der Waals surface area contributed by atoms with Crippen LogP contribution in [0.2, 0.25) is 0 Å². The summed E-state index contributed by atoms with van der Waals surface area (Å²) >= 11 is 0. The van der Waals surface area contributed by atoms with E-state index in [4.69, 9.17) is 0 Å². The van der Waals surface area contributed by atoms with Gasteiger partial charge in [-0.25, -0.2) is 0 Å². The minimum atomic E-state index is -0.201. The summed E-state index contributed by atoms with van der Waals surface area (Å²) in [6.45, 7) is 4.62. The molecule has 1 aliphatic carbocycles. The molecule has 0 aliphatic heterocycles. The zero-order valence-corrected chi connectivity index (χ0v) is 14.4. The van der Waals surface area contributed by atoms with Crippen molar-refractivity contribution in [2.45, 2.75) is 45.3 Å². The topological polar surface area (TPSA) is 43.8 Å². The van der Waals surface area contributed by atoms with Crippen molar-refractivity contribution < 1.29 is 9.90 Å². The molecule has 0 saturated heterocycles. The quantitative estimate of drug-likeness (QED) is 0.840. The number of hydrogen-bond donors (Lipinski definition) is 1. The van der Waals surface area contributed by atoms with E-state index in [2.05, 4.69) is 17.0 Å². The summed E-state index contributed by atoms with van der Waals surface area (Å²) in [6, 6.07) is 10.1. The molecule has 4 nitrogen and oxygen atoms in total. The fraction of sp³-hybridized carbons (Fsp3) is 0.632. The Morgan fingerprint density at radius 1 is 1.22 bits per heavy atom. The number of likely N-dealkylation sites (N-methyl/N-ethyl adjacent to an activating group) is 2. The van der Waals surface area contributed by atoms with Crippen molar-refractivity contribution in [3.8, 4) is 0 Å². The number of rotatable bonds is 7. The summed E-state index contributed by atoms with van der Waals surface area (Å²) in [4.78, 5) is 16.5. The summed E-state index contributed by atoms with van der Waals surface area (Å²) in [5.74, 6) is 0.468. The van der Waals surface area contributed by atoms with Gasteiger partial charge in [0.05, 0.1) is 12.6 Å². The van der Waals surface area contributed by atoms with E-state index in [-0.39, 0.29) is 12.0 Å². The van der Waals surface area contributed by atoms with Crippen LogP contribution < -0.4 is 0 Å². The molecule has 1 N–H and O–H groups in total. The molecule has 1 saturated carbocycles. The van der Waals surface area contributed by atoms with Gasteiger partial charge in [0.15, 0.2) is 0 Å². The minimum Gasteiger partial charge on any atom is -0.393 e. The number of aliphatic hydroxyl groups is 1. The number of benzene rings is 1. The van der Waals surface area contributed by atoms with E-state index in [1.807, 2.05) is 37.1 Å². The van der Waals surface area contributed by atoms with Gasteiger partial charge in [0.2, 0.25) is 5.91 Å². The molecule has 0 spiro atoms. The van der Waals surface area contributed by atoms with Gasteiger partial charge in [-0.1, -0.05) is 43.2 Å². The number of amides is 1. The van der Waals surface area contributed by atoms with E-state index < -0.39 is 0 Å². The lowest BCUT2D eigenvalue weighted by molar-refractivity contribution is -0.132. The molecular formula is C19H30N2O2. The SMILES string of the molecule is CCN(Cc1ccccc1)C(=O)CN(C)CC1CCCCC1O. The van der Waals surface area contributed by atoms with Gasteiger partial charge in [-0.3, -0.25) is 9.69 Å². The zero-order valence-electron chi connectivity index (χ0n) is 14.4. The summed E-state index contributed by atoms with van der Waals surface area (Å²) < 4.78 is 0. The maximum atomic E-state index is 12.5. The second-order valence-corrected chi connectivity index (χ2v) is 6.70. The van der Waals surface area contributed by atoms with Crippen LogP contribution in [0.1, 0.15) is 38.2 Å². The molecule has 1 aromatic carbocycles. The molecule has 1 aromatic rings. The van der Waals surface area contributed by atoms with Gasteiger partial charge in [-0.05, 0) is 38.3 Å². The first-order chi connectivity index (χ1) is 11.1. The van der Waals surface area contributed by atoms with Gasteiger partial charge in [-0.15, -0.1) is 0 Å². The number of carbonyl (C=O) groups excluding carboxylic acids is 1. The van der Waals surface area contributed by atoms with E-state index in [9.17, 15) is 9.90 Å². The zero-order chi connectivity index (χ0) is 16.7. The van der Waals surface area contributed by atoms with Gasteiger partial charge in [0.25, 0.3) is 0 Å². The Balaban J connectivity index is 1.83. The van der Waals surface area contributed by atoms with Crippen LogP contribution in [0, 0.1) is 5.92 Å². The van der Waals surface area contributed by atoms with Gasteiger partial charge in [0, 0.05) is 19.6 Å². The molecule has 2 atom stereocenters. The number of hydrogen-bond acceptors (Lipinski definition) is 3. The lowest BCUT2D eigenvalue weighted by atomic mass is 9.86. The first kappa shape index (κ1) is 18.0. The van der Waals surface area contributed by atoms with E-state index in [0.717, 1.165) is 31.4 Å². The second-order valence-electron chi connectivity index (χ2n) is 6.70. The van der Waals surface area contributed by atoms with Crippen LogP contribution in [0.4, 0.5) is 0 Å².